The van der Waals surface area contributed by atoms with E-state index < -0.39 is 0 Å². The van der Waals surface area contributed by atoms with E-state index in [0.717, 1.165) is 11.5 Å². The molecule has 0 fully saturated rings. The maximum atomic E-state index is 6.36. The monoisotopic (exact) mass is 453 g/mol. The van der Waals surface area contributed by atoms with Crippen LogP contribution in [0.4, 0.5) is 11.4 Å². The topological polar surface area (TPSA) is 12.5 Å². The Kier molecular flexibility index (Phi) is 4.52. The van der Waals surface area contributed by atoms with E-state index in [-0.39, 0.29) is 6.85 Å². The van der Waals surface area contributed by atoms with Crippen LogP contribution in [0.2, 0.25) is 0 Å². The van der Waals surface area contributed by atoms with Gasteiger partial charge in [0.15, 0.2) is 0 Å². The number of fused-ring (bicyclic) bond motifs is 4. The van der Waals surface area contributed by atoms with Crippen molar-refractivity contribution in [3.63, 3.8) is 0 Å². The van der Waals surface area contributed by atoms with Crippen LogP contribution in [-0.4, -0.2) is 6.85 Å². The Hall–Kier alpha value is -3.89. The number of para-hydroxylation sites is 4. The predicted octanol–water partition coefficient (Wildman–Crippen LogP) is 6.87. The summed E-state index contributed by atoms with van der Waals surface area (Å²) in [6, 6.07) is 43.0. The Morgan fingerprint density at radius 3 is 1.94 bits per heavy atom. The largest absolute Gasteiger partial charge is 0.458 e. The minimum Gasteiger partial charge on any atom is -0.458 e. The molecule has 4 heteroatoms. The van der Waals surface area contributed by atoms with Crippen LogP contribution in [0.25, 0.3) is 11.1 Å². The van der Waals surface area contributed by atoms with Crippen molar-refractivity contribution in [1.29, 1.82) is 0 Å². The SMILES string of the molecule is c1ccc(-c2cccc3c2N(B2c4ccccc4Oc4ccccc42)c2ccccc2S3)cc1. The summed E-state index contributed by atoms with van der Waals surface area (Å²) in [5.41, 5.74) is 7.28. The van der Waals surface area contributed by atoms with Gasteiger partial charge in [0.05, 0.1) is 5.69 Å². The first-order valence-electron chi connectivity index (χ1n) is 11.5. The quantitative estimate of drug-likeness (QED) is 0.271. The number of hydrogen-bond acceptors (Lipinski definition) is 3. The molecule has 0 unspecified atom stereocenters. The third kappa shape index (κ3) is 2.99. The second kappa shape index (κ2) is 7.86. The highest BCUT2D eigenvalue weighted by molar-refractivity contribution is 7.99. The maximum absolute atomic E-state index is 6.36. The minimum atomic E-state index is -0.00758. The van der Waals surface area contributed by atoms with E-state index >= 15 is 0 Å². The molecule has 2 nitrogen and oxygen atoms in total. The highest BCUT2D eigenvalue weighted by Crippen LogP contribution is 2.52. The van der Waals surface area contributed by atoms with Crippen LogP contribution in [0.5, 0.6) is 11.5 Å². The zero-order valence-corrected chi connectivity index (χ0v) is 19.2. The van der Waals surface area contributed by atoms with E-state index in [9.17, 15) is 0 Å². The Balaban J connectivity index is 1.56. The Morgan fingerprint density at radius 2 is 1.18 bits per heavy atom. The van der Waals surface area contributed by atoms with Crippen molar-refractivity contribution in [2.24, 2.45) is 0 Å². The molecule has 0 saturated carbocycles. The molecule has 5 aromatic rings. The molecule has 160 valence electrons. The van der Waals surface area contributed by atoms with Gasteiger partial charge in [-0.05, 0) is 46.8 Å². The molecule has 0 N–H and O–H groups in total. The van der Waals surface area contributed by atoms with Crippen molar-refractivity contribution in [3.8, 4) is 22.6 Å². The second-order valence-corrected chi connectivity index (χ2v) is 9.62. The lowest BCUT2D eigenvalue weighted by Crippen LogP contribution is -2.57. The smallest absolute Gasteiger partial charge is 0.335 e. The average molecular weight is 453 g/mol. The van der Waals surface area contributed by atoms with Crippen LogP contribution >= 0.6 is 11.8 Å². The molecular formula is C30H20BNOS. The summed E-state index contributed by atoms with van der Waals surface area (Å²) in [6.45, 7) is -0.00758. The van der Waals surface area contributed by atoms with Crippen LogP contribution in [0.1, 0.15) is 0 Å². The lowest BCUT2D eigenvalue weighted by molar-refractivity contribution is 0.487. The number of anilines is 2. The van der Waals surface area contributed by atoms with Crippen LogP contribution in [-0.2, 0) is 0 Å². The molecule has 0 bridgehead atoms. The molecule has 0 saturated heterocycles. The normalized spacial score (nSPS) is 13.3. The predicted molar refractivity (Wildman–Crippen MR) is 143 cm³/mol. The number of nitrogens with zero attached hydrogens (tertiary/aromatic N) is 1. The van der Waals surface area contributed by atoms with Gasteiger partial charge < -0.3 is 9.55 Å². The van der Waals surface area contributed by atoms with Gasteiger partial charge in [0.1, 0.15) is 11.5 Å². The maximum Gasteiger partial charge on any atom is 0.335 e. The van der Waals surface area contributed by atoms with Crippen molar-refractivity contribution < 1.29 is 4.74 Å². The molecule has 2 aliphatic heterocycles. The van der Waals surface area contributed by atoms with Crippen LogP contribution in [0.15, 0.2) is 131 Å². The molecule has 0 spiro atoms. The van der Waals surface area contributed by atoms with Crippen molar-refractivity contribution in [3.05, 3.63) is 121 Å². The van der Waals surface area contributed by atoms with E-state index in [0.29, 0.717) is 0 Å². The summed E-state index contributed by atoms with van der Waals surface area (Å²) in [7, 11) is 0. The van der Waals surface area contributed by atoms with Crippen molar-refractivity contribution in [2.75, 3.05) is 4.81 Å². The fourth-order valence-electron chi connectivity index (χ4n) is 5.12. The summed E-state index contributed by atoms with van der Waals surface area (Å²) in [5, 5.41) is 0. The second-order valence-electron chi connectivity index (χ2n) is 8.54. The summed E-state index contributed by atoms with van der Waals surface area (Å²) >= 11 is 1.85. The first kappa shape index (κ1) is 19.6. The number of ether oxygens (including phenoxy) is 1. The fourth-order valence-corrected chi connectivity index (χ4v) is 6.22. The van der Waals surface area contributed by atoms with Gasteiger partial charge in [-0.15, -0.1) is 0 Å². The number of hydrogen-bond donors (Lipinski definition) is 0. The highest BCUT2D eigenvalue weighted by Gasteiger charge is 2.41. The summed E-state index contributed by atoms with van der Waals surface area (Å²) in [6.07, 6.45) is 0. The molecule has 0 aromatic heterocycles. The van der Waals surface area contributed by atoms with E-state index in [1.54, 1.807) is 0 Å². The molecule has 34 heavy (non-hydrogen) atoms. The van der Waals surface area contributed by atoms with E-state index in [4.69, 9.17) is 4.74 Å². The third-order valence-electron chi connectivity index (χ3n) is 6.57. The summed E-state index contributed by atoms with van der Waals surface area (Å²) in [5.74, 6) is 1.83. The molecular weight excluding hydrogens is 433 g/mol. The third-order valence-corrected chi connectivity index (χ3v) is 7.69. The van der Waals surface area contributed by atoms with E-state index in [1.807, 2.05) is 23.9 Å². The van der Waals surface area contributed by atoms with E-state index in [1.165, 1.54) is 43.2 Å². The van der Waals surface area contributed by atoms with Gasteiger partial charge >= 0.3 is 6.85 Å². The Morgan fingerprint density at radius 1 is 0.559 bits per heavy atom. The van der Waals surface area contributed by atoms with Gasteiger partial charge in [-0.1, -0.05) is 103 Å². The average Bonchev–Trinajstić information content (AvgIpc) is 2.91. The van der Waals surface area contributed by atoms with E-state index in [2.05, 4.69) is 114 Å². The highest BCUT2D eigenvalue weighted by atomic mass is 32.2. The van der Waals surface area contributed by atoms with Gasteiger partial charge in [-0.2, -0.15) is 0 Å². The molecule has 5 aromatic carbocycles. The van der Waals surface area contributed by atoms with Crippen LogP contribution < -0.4 is 20.5 Å². The minimum absolute atomic E-state index is 0.00758. The summed E-state index contributed by atoms with van der Waals surface area (Å²) < 4.78 is 6.36. The fraction of sp³-hybridized carbons (Fsp3) is 0. The van der Waals surface area contributed by atoms with Gasteiger partial charge in [0.2, 0.25) is 0 Å². The van der Waals surface area contributed by atoms with Gasteiger partial charge in [0, 0.05) is 21.0 Å². The van der Waals surface area contributed by atoms with Gasteiger partial charge in [-0.25, -0.2) is 0 Å². The molecule has 2 aliphatic rings. The van der Waals surface area contributed by atoms with Gasteiger partial charge in [-0.3, -0.25) is 0 Å². The molecule has 2 heterocycles. The van der Waals surface area contributed by atoms with Crippen molar-refractivity contribution in [2.45, 2.75) is 9.79 Å². The lowest BCUT2D eigenvalue weighted by atomic mass is 9.47. The first-order chi connectivity index (χ1) is 16.9. The Bertz CT molecular complexity index is 1490. The van der Waals surface area contributed by atoms with Gasteiger partial charge in [0.25, 0.3) is 0 Å². The number of benzene rings is 5. The molecule has 7 rings (SSSR count). The Labute approximate surface area is 203 Å². The molecule has 0 aliphatic carbocycles. The summed E-state index contributed by atoms with van der Waals surface area (Å²) in [4.78, 5) is 5.06. The molecule has 0 amide bonds. The first-order valence-corrected chi connectivity index (χ1v) is 12.3. The van der Waals surface area contributed by atoms with Crippen LogP contribution in [0.3, 0.4) is 0 Å². The van der Waals surface area contributed by atoms with Crippen molar-refractivity contribution >= 4 is 40.9 Å². The van der Waals surface area contributed by atoms with Crippen LogP contribution in [0, 0.1) is 0 Å². The lowest BCUT2D eigenvalue weighted by Gasteiger charge is -2.41. The number of rotatable bonds is 2. The van der Waals surface area contributed by atoms with Crippen molar-refractivity contribution in [1.82, 2.24) is 0 Å². The zero-order chi connectivity index (χ0) is 22.5. The molecule has 0 radical (unpaired) electrons. The molecule has 0 atom stereocenters. The zero-order valence-electron chi connectivity index (χ0n) is 18.4. The standard InChI is InChI=1S/C30H20BNOS/c1-2-11-21(12-3-1)22-13-10-20-29-30(22)32(25-16-6-9-19-28(25)34-29)31-23-14-4-7-17-26(23)33-27-18-8-5-15-24(27)31/h1-20H.